The van der Waals surface area contributed by atoms with Gasteiger partial charge in [0.15, 0.2) is 28.9 Å². The molecule has 2 heterocycles. The SMILES string of the molecule is C=CC(C)(C)c1cc2cc(OC)c3c(c2oc1=O)O[C@H](c1cc(OC)c(O)c(OC)c1)[C@@H](C)O3. The third kappa shape index (κ3) is 3.69. The first-order valence-corrected chi connectivity index (χ1v) is 10.8. The first-order valence-electron chi connectivity index (χ1n) is 10.8. The molecule has 0 radical (unpaired) electrons. The van der Waals surface area contributed by atoms with E-state index in [0.29, 0.717) is 28.0 Å². The molecule has 180 valence electrons. The first kappa shape index (κ1) is 23.4. The fraction of sp³-hybridized carbons (Fsp3) is 0.346. The Kier molecular flexibility index (Phi) is 5.85. The summed E-state index contributed by atoms with van der Waals surface area (Å²) in [4.78, 5) is 12.9. The Hall–Kier alpha value is -3.81. The van der Waals surface area contributed by atoms with Crippen LogP contribution in [0.25, 0.3) is 11.0 Å². The number of methoxy groups -OCH3 is 3. The second-order valence-electron chi connectivity index (χ2n) is 8.66. The predicted octanol–water partition coefficient (Wildman–Crippen LogP) is 4.89. The van der Waals surface area contributed by atoms with Crippen molar-refractivity contribution in [3.8, 4) is 34.5 Å². The number of rotatable bonds is 6. The molecule has 1 aliphatic heterocycles. The van der Waals surface area contributed by atoms with Crippen molar-refractivity contribution in [1.29, 1.82) is 0 Å². The van der Waals surface area contributed by atoms with E-state index in [9.17, 15) is 9.90 Å². The van der Waals surface area contributed by atoms with Gasteiger partial charge in [0.25, 0.3) is 0 Å². The fourth-order valence-corrected chi connectivity index (χ4v) is 4.01. The largest absolute Gasteiger partial charge is 0.502 e. The molecule has 0 amide bonds. The molecule has 34 heavy (non-hydrogen) atoms. The molecule has 1 aliphatic rings. The molecule has 8 nitrogen and oxygen atoms in total. The van der Waals surface area contributed by atoms with Crippen molar-refractivity contribution in [3.05, 3.63) is 58.5 Å². The van der Waals surface area contributed by atoms with Crippen LogP contribution in [-0.4, -0.2) is 32.5 Å². The zero-order valence-electron chi connectivity index (χ0n) is 20.1. The molecule has 8 heteroatoms. The van der Waals surface area contributed by atoms with Crippen LogP contribution in [0, 0.1) is 0 Å². The number of allylic oxidation sites excluding steroid dienone is 1. The standard InChI is InChI=1S/C26H28O8/c1-8-26(3,4)16-9-14-12-19(31-7)23-24(22(14)34-25(16)28)33-21(13(2)32-23)15-10-17(29-5)20(27)18(11-15)30-6/h8-13,21,27H,1H2,2-7H3/t13-,21+/m1/s1. The number of hydrogen-bond donors (Lipinski definition) is 1. The molecule has 2 aromatic carbocycles. The summed E-state index contributed by atoms with van der Waals surface area (Å²) < 4.78 is 34.5. The Morgan fingerprint density at radius 3 is 2.15 bits per heavy atom. The maximum atomic E-state index is 12.9. The van der Waals surface area contributed by atoms with E-state index in [1.807, 2.05) is 20.8 Å². The van der Waals surface area contributed by atoms with Crippen LogP contribution in [0.3, 0.4) is 0 Å². The number of benzene rings is 2. The number of ether oxygens (including phenoxy) is 5. The van der Waals surface area contributed by atoms with Crippen molar-refractivity contribution in [1.82, 2.24) is 0 Å². The van der Waals surface area contributed by atoms with Gasteiger partial charge in [0, 0.05) is 21.9 Å². The topological polar surface area (TPSA) is 96.6 Å². The minimum atomic E-state index is -0.624. The van der Waals surface area contributed by atoms with E-state index < -0.39 is 23.2 Å². The van der Waals surface area contributed by atoms with E-state index in [1.165, 1.54) is 21.3 Å². The summed E-state index contributed by atoms with van der Waals surface area (Å²) in [5, 5.41) is 10.9. The monoisotopic (exact) mass is 468 g/mol. The fourth-order valence-electron chi connectivity index (χ4n) is 4.01. The Bertz CT molecular complexity index is 1300. The summed E-state index contributed by atoms with van der Waals surface area (Å²) in [6.45, 7) is 9.45. The van der Waals surface area contributed by atoms with Crippen molar-refractivity contribution in [2.75, 3.05) is 21.3 Å². The molecule has 0 saturated carbocycles. The van der Waals surface area contributed by atoms with Crippen molar-refractivity contribution >= 4 is 11.0 Å². The van der Waals surface area contributed by atoms with Gasteiger partial charge < -0.3 is 33.2 Å². The van der Waals surface area contributed by atoms with Crippen LogP contribution in [-0.2, 0) is 5.41 Å². The minimum Gasteiger partial charge on any atom is -0.502 e. The molecule has 0 saturated heterocycles. The number of hydrogen-bond acceptors (Lipinski definition) is 8. The van der Waals surface area contributed by atoms with Crippen LogP contribution in [0.1, 0.15) is 38.0 Å². The highest BCUT2D eigenvalue weighted by Gasteiger charge is 2.36. The van der Waals surface area contributed by atoms with Gasteiger partial charge in [-0.2, -0.15) is 0 Å². The third-order valence-corrected chi connectivity index (χ3v) is 6.13. The molecule has 0 spiro atoms. The highest BCUT2D eigenvalue weighted by molar-refractivity contribution is 5.89. The highest BCUT2D eigenvalue weighted by atomic mass is 16.6. The summed E-state index contributed by atoms with van der Waals surface area (Å²) in [6.07, 6.45) is 0.619. The molecule has 0 bridgehead atoms. The maximum absolute atomic E-state index is 12.9. The van der Waals surface area contributed by atoms with Gasteiger partial charge in [-0.3, -0.25) is 0 Å². The van der Waals surface area contributed by atoms with Gasteiger partial charge in [-0.15, -0.1) is 6.58 Å². The van der Waals surface area contributed by atoms with Crippen molar-refractivity contribution < 1.29 is 33.2 Å². The van der Waals surface area contributed by atoms with Gasteiger partial charge in [-0.1, -0.05) is 19.9 Å². The number of phenolic OH excluding ortho intramolecular Hbond substituents is 1. The zero-order chi connectivity index (χ0) is 24.8. The van der Waals surface area contributed by atoms with E-state index in [2.05, 4.69) is 6.58 Å². The predicted molar refractivity (Wildman–Crippen MR) is 127 cm³/mol. The Balaban J connectivity index is 1.91. The van der Waals surface area contributed by atoms with Crippen LogP contribution in [0.15, 0.2) is 46.1 Å². The maximum Gasteiger partial charge on any atom is 0.340 e. The van der Waals surface area contributed by atoms with Crippen LogP contribution >= 0.6 is 0 Å². The summed E-state index contributed by atoms with van der Waals surface area (Å²) in [5.41, 5.74) is 0.278. The first-order chi connectivity index (χ1) is 16.1. The van der Waals surface area contributed by atoms with E-state index in [-0.39, 0.29) is 28.6 Å². The molecule has 3 aromatic rings. The molecule has 4 rings (SSSR count). The lowest BCUT2D eigenvalue weighted by Crippen LogP contribution is -2.31. The summed E-state index contributed by atoms with van der Waals surface area (Å²) in [7, 11) is 4.43. The lowest BCUT2D eigenvalue weighted by atomic mass is 9.85. The van der Waals surface area contributed by atoms with Gasteiger partial charge in [0.1, 0.15) is 6.10 Å². The Morgan fingerprint density at radius 1 is 0.971 bits per heavy atom. The molecule has 2 atom stereocenters. The minimum absolute atomic E-state index is 0.117. The average Bonchev–Trinajstić information content (AvgIpc) is 2.83. The summed E-state index contributed by atoms with van der Waals surface area (Å²) >= 11 is 0. The Morgan fingerprint density at radius 2 is 1.59 bits per heavy atom. The number of fused-ring (bicyclic) bond motifs is 3. The third-order valence-electron chi connectivity index (χ3n) is 6.13. The lowest BCUT2D eigenvalue weighted by Gasteiger charge is -2.33. The smallest absolute Gasteiger partial charge is 0.340 e. The van der Waals surface area contributed by atoms with Crippen LogP contribution in [0.5, 0.6) is 34.5 Å². The summed E-state index contributed by atoms with van der Waals surface area (Å²) in [6, 6.07) is 6.81. The van der Waals surface area contributed by atoms with Crippen LogP contribution in [0.2, 0.25) is 0 Å². The lowest BCUT2D eigenvalue weighted by molar-refractivity contribution is 0.0284. The molecule has 0 aliphatic carbocycles. The quantitative estimate of drug-likeness (QED) is 0.404. The van der Waals surface area contributed by atoms with Crippen LogP contribution < -0.4 is 29.3 Å². The van der Waals surface area contributed by atoms with Crippen LogP contribution in [0.4, 0.5) is 0 Å². The summed E-state index contributed by atoms with van der Waals surface area (Å²) in [5.74, 6) is 1.39. The van der Waals surface area contributed by atoms with Crippen molar-refractivity contribution in [3.63, 3.8) is 0 Å². The number of phenols is 1. The van der Waals surface area contributed by atoms with Gasteiger partial charge in [0.2, 0.25) is 17.2 Å². The van der Waals surface area contributed by atoms with E-state index in [1.54, 1.807) is 30.3 Å². The van der Waals surface area contributed by atoms with E-state index >= 15 is 0 Å². The normalized spacial score (nSPS) is 17.4. The van der Waals surface area contributed by atoms with Gasteiger partial charge in [-0.05, 0) is 31.2 Å². The van der Waals surface area contributed by atoms with Crippen molar-refractivity contribution in [2.24, 2.45) is 0 Å². The average molecular weight is 469 g/mol. The molecular weight excluding hydrogens is 440 g/mol. The second-order valence-corrected chi connectivity index (χ2v) is 8.66. The second kappa shape index (κ2) is 8.52. The van der Waals surface area contributed by atoms with E-state index in [4.69, 9.17) is 28.1 Å². The van der Waals surface area contributed by atoms with Gasteiger partial charge >= 0.3 is 5.63 Å². The van der Waals surface area contributed by atoms with Gasteiger partial charge in [0.05, 0.1) is 21.3 Å². The molecule has 1 aromatic heterocycles. The van der Waals surface area contributed by atoms with Gasteiger partial charge in [-0.25, -0.2) is 4.79 Å². The molecule has 1 N–H and O–H groups in total. The highest BCUT2D eigenvalue weighted by Crippen LogP contribution is 2.51. The van der Waals surface area contributed by atoms with Crippen molar-refractivity contribution in [2.45, 2.75) is 38.4 Å². The van der Waals surface area contributed by atoms with E-state index in [0.717, 1.165) is 0 Å². The molecular formula is C26H28O8. The Labute approximate surface area is 197 Å². The zero-order valence-corrected chi connectivity index (χ0v) is 20.1. The molecule has 0 fully saturated rings. The molecule has 0 unspecified atom stereocenters. The number of aromatic hydroxyl groups is 1.